The number of hydrogen-bond acceptors (Lipinski definition) is 2. The molecule has 0 aromatic carbocycles. The number of carboxylic acids is 1. The molecule has 0 saturated carbocycles. The second-order valence-corrected chi connectivity index (χ2v) is 1.31. The average molecular weight is 127 g/mol. The molecule has 0 aliphatic rings. The summed E-state index contributed by atoms with van der Waals surface area (Å²) >= 11 is 0. The van der Waals surface area contributed by atoms with Gasteiger partial charge in [-0.2, -0.15) is 0 Å². The zero-order valence-corrected chi connectivity index (χ0v) is 4.01. The van der Waals surface area contributed by atoms with Crippen LogP contribution < -0.4 is 0 Å². The second kappa shape index (κ2) is 5.56. The van der Waals surface area contributed by atoms with Crippen LogP contribution in [0.15, 0.2) is 0 Å². The molecular weight excluding hydrogens is 119 g/mol. The molecule has 0 atom stereocenters. The SMILES string of the molecule is C[C](O)CC(=O)O.[NaH]. The Morgan fingerprint density at radius 2 is 1.88 bits per heavy atom. The molecule has 0 bridgehead atoms. The van der Waals surface area contributed by atoms with Gasteiger partial charge in [-0.3, -0.25) is 4.79 Å². The summed E-state index contributed by atoms with van der Waals surface area (Å²) < 4.78 is 0. The maximum absolute atomic E-state index is 9.63. The van der Waals surface area contributed by atoms with Gasteiger partial charge < -0.3 is 10.2 Å². The van der Waals surface area contributed by atoms with Crippen molar-refractivity contribution in [3.63, 3.8) is 0 Å². The summed E-state index contributed by atoms with van der Waals surface area (Å²) in [5.74, 6) is -1.000. The molecule has 0 aliphatic heterocycles. The molecule has 0 unspecified atom stereocenters. The molecule has 0 fully saturated rings. The average Bonchev–Trinajstić information content (AvgIpc) is 1.27. The molecule has 0 aliphatic carbocycles. The van der Waals surface area contributed by atoms with Gasteiger partial charge in [-0.1, -0.05) is 0 Å². The fraction of sp³-hybridized carbons (Fsp3) is 0.500. The van der Waals surface area contributed by atoms with Gasteiger partial charge in [-0.05, 0) is 6.92 Å². The van der Waals surface area contributed by atoms with Crippen LogP contribution in [0.5, 0.6) is 0 Å². The van der Waals surface area contributed by atoms with Crippen molar-refractivity contribution in [1.82, 2.24) is 0 Å². The van der Waals surface area contributed by atoms with Crippen LogP contribution in [-0.4, -0.2) is 45.7 Å². The van der Waals surface area contributed by atoms with Gasteiger partial charge in [0.2, 0.25) is 0 Å². The van der Waals surface area contributed by atoms with E-state index in [1.54, 1.807) is 0 Å². The van der Waals surface area contributed by atoms with Crippen LogP contribution in [-0.2, 0) is 4.79 Å². The summed E-state index contributed by atoms with van der Waals surface area (Å²) in [4.78, 5) is 9.63. The molecule has 2 N–H and O–H groups in total. The normalized spacial score (nSPS) is 8.38. The van der Waals surface area contributed by atoms with E-state index in [2.05, 4.69) is 0 Å². The first kappa shape index (κ1) is 11.3. The Hall–Kier alpha value is 0.430. The Kier molecular flexibility index (Phi) is 7.83. The van der Waals surface area contributed by atoms with E-state index in [4.69, 9.17) is 10.2 Å². The Morgan fingerprint density at radius 3 is 1.88 bits per heavy atom. The summed E-state index contributed by atoms with van der Waals surface area (Å²) in [5, 5.41) is 16.2. The Balaban J connectivity index is 0. The monoisotopic (exact) mass is 127 g/mol. The third-order valence-electron chi connectivity index (χ3n) is 0.407. The standard InChI is InChI=1S/C4H7O3.Na.H/c1-3(5)2-4(6)7;;/h5H,2H2,1H3,(H,6,7);;. The number of rotatable bonds is 2. The number of aliphatic hydroxyl groups excluding tert-OH is 1. The van der Waals surface area contributed by atoms with Gasteiger partial charge in [-0.25, -0.2) is 0 Å². The molecule has 43 valence electrons. The maximum atomic E-state index is 9.63. The van der Waals surface area contributed by atoms with E-state index in [1.165, 1.54) is 6.92 Å². The van der Waals surface area contributed by atoms with Crippen molar-refractivity contribution in [2.45, 2.75) is 13.3 Å². The first-order chi connectivity index (χ1) is 3.13. The van der Waals surface area contributed by atoms with Crippen molar-refractivity contribution in [2.24, 2.45) is 0 Å². The van der Waals surface area contributed by atoms with Gasteiger partial charge in [0.15, 0.2) is 0 Å². The summed E-state index contributed by atoms with van der Waals surface area (Å²) in [7, 11) is 0. The van der Waals surface area contributed by atoms with Gasteiger partial charge in [-0.15, -0.1) is 0 Å². The van der Waals surface area contributed by atoms with Crippen LogP contribution in [0.2, 0.25) is 0 Å². The molecule has 0 saturated heterocycles. The molecule has 0 rings (SSSR count). The van der Waals surface area contributed by atoms with Crippen molar-refractivity contribution >= 4 is 35.5 Å². The Morgan fingerprint density at radius 1 is 1.50 bits per heavy atom. The minimum absolute atomic E-state index is 0. The summed E-state index contributed by atoms with van der Waals surface area (Å²) in [6.45, 7) is 1.36. The van der Waals surface area contributed by atoms with E-state index >= 15 is 0 Å². The fourth-order valence-electron chi connectivity index (χ4n) is 0.219. The molecule has 1 radical (unpaired) electrons. The Bertz CT molecular complexity index is 71.7. The summed E-state index contributed by atoms with van der Waals surface area (Å²) in [5.41, 5.74) is 0. The van der Waals surface area contributed by atoms with Crippen LogP contribution in [0.25, 0.3) is 0 Å². The van der Waals surface area contributed by atoms with Gasteiger partial charge in [0.25, 0.3) is 0 Å². The van der Waals surface area contributed by atoms with Crippen LogP contribution in [0, 0.1) is 6.10 Å². The number of aliphatic hydroxyl groups is 1. The number of hydrogen-bond donors (Lipinski definition) is 2. The fourth-order valence-corrected chi connectivity index (χ4v) is 0.219. The zero-order chi connectivity index (χ0) is 5.86. The third kappa shape index (κ3) is 9.66. The quantitative estimate of drug-likeness (QED) is 0.502. The van der Waals surface area contributed by atoms with E-state index < -0.39 is 5.97 Å². The van der Waals surface area contributed by atoms with Crippen molar-refractivity contribution in [2.75, 3.05) is 0 Å². The van der Waals surface area contributed by atoms with Crippen LogP contribution in [0.1, 0.15) is 13.3 Å². The van der Waals surface area contributed by atoms with Crippen LogP contribution in [0.4, 0.5) is 0 Å². The number of carbonyl (C=O) groups is 1. The van der Waals surface area contributed by atoms with E-state index in [0.717, 1.165) is 0 Å². The predicted octanol–water partition coefficient (Wildman–Crippen LogP) is -0.263. The minimum atomic E-state index is -1.000. The van der Waals surface area contributed by atoms with Gasteiger partial charge in [0.1, 0.15) is 6.10 Å². The van der Waals surface area contributed by atoms with Gasteiger partial charge >= 0.3 is 35.5 Å². The molecule has 4 heteroatoms. The molecule has 8 heavy (non-hydrogen) atoms. The van der Waals surface area contributed by atoms with E-state index in [9.17, 15) is 4.79 Å². The predicted molar refractivity (Wildman–Crippen MR) is 30.3 cm³/mol. The van der Waals surface area contributed by atoms with Gasteiger partial charge in [0, 0.05) is 0 Å². The van der Waals surface area contributed by atoms with Crippen LogP contribution in [0.3, 0.4) is 0 Å². The van der Waals surface area contributed by atoms with Crippen LogP contribution >= 0.6 is 0 Å². The van der Waals surface area contributed by atoms with Crippen molar-refractivity contribution in [3.8, 4) is 0 Å². The van der Waals surface area contributed by atoms with Crippen molar-refractivity contribution in [3.05, 3.63) is 6.10 Å². The third-order valence-corrected chi connectivity index (χ3v) is 0.407. The summed E-state index contributed by atoms with van der Waals surface area (Å²) in [6.07, 6.45) is -0.312. The Labute approximate surface area is 70.0 Å². The zero-order valence-electron chi connectivity index (χ0n) is 4.01. The molecular formula is C4H8NaO3. The van der Waals surface area contributed by atoms with Gasteiger partial charge in [0.05, 0.1) is 6.42 Å². The van der Waals surface area contributed by atoms with E-state index in [-0.39, 0.29) is 42.1 Å². The molecule has 0 heterocycles. The topological polar surface area (TPSA) is 57.5 Å². The van der Waals surface area contributed by atoms with Crippen molar-refractivity contribution < 1.29 is 15.0 Å². The second-order valence-electron chi connectivity index (χ2n) is 1.31. The molecule has 0 spiro atoms. The molecule has 0 amide bonds. The first-order valence-electron chi connectivity index (χ1n) is 1.86. The molecule has 0 aromatic rings. The van der Waals surface area contributed by atoms with Crippen molar-refractivity contribution in [1.29, 1.82) is 0 Å². The molecule has 0 aromatic heterocycles. The van der Waals surface area contributed by atoms with E-state index in [1.807, 2.05) is 0 Å². The first-order valence-corrected chi connectivity index (χ1v) is 1.86. The summed E-state index contributed by atoms with van der Waals surface area (Å²) in [6, 6.07) is 0. The number of carboxylic acid groups (broad SMARTS) is 1. The number of aliphatic carboxylic acids is 1. The molecule has 3 nitrogen and oxygen atoms in total. The van der Waals surface area contributed by atoms with E-state index in [0.29, 0.717) is 0 Å².